The van der Waals surface area contributed by atoms with Gasteiger partial charge >= 0.3 is 12.4 Å². The zero-order valence-corrected chi connectivity index (χ0v) is 20.5. The molecule has 10 nitrogen and oxygen atoms in total. The third-order valence-electron chi connectivity index (χ3n) is 7.03. The third kappa shape index (κ3) is 4.42. The second kappa shape index (κ2) is 9.19. The van der Waals surface area contributed by atoms with Crippen molar-refractivity contribution < 1.29 is 45.1 Å². The number of likely N-dealkylation sites (tertiary alicyclic amines) is 1. The molecule has 17 heteroatoms. The molecule has 40 heavy (non-hydrogen) atoms. The summed E-state index contributed by atoms with van der Waals surface area (Å²) in [5.74, 6) is -2.93. The number of aromatic nitrogens is 4. The highest BCUT2D eigenvalue weighted by Gasteiger charge is 2.69. The quantitative estimate of drug-likeness (QED) is 0.448. The van der Waals surface area contributed by atoms with Crippen LogP contribution in [0, 0.1) is 5.41 Å². The van der Waals surface area contributed by atoms with Crippen LogP contribution in [-0.4, -0.2) is 74.9 Å². The van der Waals surface area contributed by atoms with E-state index in [2.05, 4.69) is 20.4 Å². The summed E-state index contributed by atoms with van der Waals surface area (Å²) in [5.41, 5.74) is 1.00. The van der Waals surface area contributed by atoms with Gasteiger partial charge in [0, 0.05) is 18.3 Å². The van der Waals surface area contributed by atoms with Gasteiger partial charge in [-0.15, -0.1) is 0 Å². The first-order valence-corrected chi connectivity index (χ1v) is 11.7. The number of alkyl halides is 7. The summed E-state index contributed by atoms with van der Waals surface area (Å²) in [7, 11) is 1.17. The average molecular weight is 575 g/mol. The van der Waals surface area contributed by atoms with Crippen LogP contribution >= 0.6 is 0 Å². The molecular formula is C23H20F7N7O3. The number of nitrogens with two attached hydrogens (primary N) is 1. The van der Waals surface area contributed by atoms with Crippen molar-refractivity contribution >= 4 is 23.1 Å². The lowest BCUT2D eigenvalue weighted by Gasteiger charge is -2.24. The fraction of sp³-hybridized carbons (Fsp3) is 0.435. The highest BCUT2D eigenvalue weighted by molar-refractivity contribution is 5.98. The predicted octanol–water partition coefficient (Wildman–Crippen LogP) is 3.02. The van der Waals surface area contributed by atoms with Crippen LogP contribution < -0.4 is 15.8 Å². The fourth-order valence-corrected chi connectivity index (χ4v) is 4.77. The average Bonchev–Trinajstić information content (AvgIpc) is 3.50. The first kappa shape index (κ1) is 27.4. The molecule has 2 fully saturated rings. The summed E-state index contributed by atoms with van der Waals surface area (Å²) in [6.07, 6.45) is -10.2. The Balaban J connectivity index is 1.43. The highest BCUT2D eigenvalue weighted by Crippen LogP contribution is 2.58. The van der Waals surface area contributed by atoms with Crippen molar-refractivity contribution in [2.45, 2.75) is 37.4 Å². The van der Waals surface area contributed by atoms with Gasteiger partial charge in [-0.2, -0.15) is 31.4 Å². The molecule has 3 aromatic heterocycles. The maximum Gasteiger partial charge on any atom is 0.418 e. The number of methoxy groups -OCH3 is 1. The third-order valence-corrected chi connectivity index (χ3v) is 7.03. The molecule has 2 amide bonds. The minimum Gasteiger partial charge on any atom is -0.480 e. The molecule has 1 aliphatic heterocycles. The van der Waals surface area contributed by atoms with Gasteiger partial charge in [0.15, 0.2) is 5.82 Å². The maximum absolute atomic E-state index is 14.8. The molecule has 1 saturated carbocycles. The lowest BCUT2D eigenvalue weighted by molar-refractivity contribution is -0.198. The Kier molecular flexibility index (Phi) is 6.29. The number of nitrogen functional groups attached to an aromatic ring is 1. The SMILES string of the molecule is COc1ncc(-c2cc(C(F)(F)F)c3c(N)ncnn23)cc1C(=O)N[C@@H]1CN(C(=O)C2(C(F)(F)F)CC2)C[C@@H]1F. The van der Waals surface area contributed by atoms with Crippen LogP contribution in [0.1, 0.15) is 28.8 Å². The van der Waals surface area contributed by atoms with E-state index in [9.17, 15) is 40.3 Å². The smallest absolute Gasteiger partial charge is 0.418 e. The minimum absolute atomic E-state index is 0.0181. The Bertz CT molecular complexity index is 1500. The van der Waals surface area contributed by atoms with Gasteiger partial charge in [0.2, 0.25) is 11.8 Å². The van der Waals surface area contributed by atoms with Gasteiger partial charge in [0.1, 0.15) is 29.0 Å². The molecular weight excluding hydrogens is 555 g/mol. The van der Waals surface area contributed by atoms with Crippen molar-refractivity contribution in [2.75, 3.05) is 25.9 Å². The summed E-state index contributed by atoms with van der Waals surface area (Å²) in [6, 6.07) is 0.528. The fourth-order valence-electron chi connectivity index (χ4n) is 4.77. The van der Waals surface area contributed by atoms with E-state index in [1.54, 1.807) is 0 Å². The van der Waals surface area contributed by atoms with Crippen molar-refractivity contribution in [1.29, 1.82) is 0 Å². The normalized spacial score (nSPS) is 20.6. The monoisotopic (exact) mass is 575 g/mol. The maximum atomic E-state index is 14.8. The number of fused-ring (bicyclic) bond motifs is 1. The first-order valence-electron chi connectivity index (χ1n) is 11.7. The molecule has 2 atom stereocenters. The zero-order chi connectivity index (χ0) is 29.2. The molecule has 2 aliphatic rings. The number of hydrogen-bond donors (Lipinski definition) is 2. The van der Waals surface area contributed by atoms with E-state index in [0.717, 1.165) is 34.1 Å². The number of nitrogens with one attached hydrogen (secondary N) is 1. The van der Waals surface area contributed by atoms with E-state index in [-0.39, 0.29) is 22.7 Å². The van der Waals surface area contributed by atoms with Gasteiger partial charge in [0.05, 0.1) is 31.0 Å². The second-order valence-corrected chi connectivity index (χ2v) is 9.51. The lowest BCUT2D eigenvalue weighted by atomic mass is 10.1. The number of hydrogen-bond acceptors (Lipinski definition) is 7. The Hall–Kier alpha value is -4.18. The van der Waals surface area contributed by atoms with Crippen molar-refractivity contribution in [2.24, 2.45) is 5.41 Å². The molecule has 214 valence electrons. The number of amides is 2. The summed E-state index contributed by atoms with van der Waals surface area (Å²) in [4.78, 5) is 33.9. The number of nitrogens with zero attached hydrogens (tertiary/aromatic N) is 5. The van der Waals surface area contributed by atoms with Crippen LogP contribution in [0.4, 0.5) is 36.6 Å². The van der Waals surface area contributed by atoms with E-state index in [4.69, 9.17) is 10.5 Å². The highest BCUT2D eigenvalue weighted by atomic mass is 19.4. The van der Waals surface area contributed by atoms with E-state index < -0.39 is 84.6 Å². The van der Waals surface area contributed by atoms with E-state index >= 15 is 0 Å². The molecule has 5 rings (SSSR count). The van der Waals surface area contributed by atoms with Crippen LogP contribution in [0.3, 0.4) is 0 Å². The predicted molar refractivity (Wildman–Crippen MR) is 123 cm³/mol. The number of anilines is 1. The Morgan fingerprint density at radius 3 is 2.42 bits per heavy atom. The topological polar surface area (TPSA) is 128 Å². The largest absolute Gasteiger partial charge is 0.480 e. The van der Waals surface area contributed by atoms with Crippen LogP contribution in [0.5, 0.6) is 5.88 Å². The minimum atomic E-state index is -4.82. The summed E-state index contributed by atoms with van der Waals surface area (Å²) in [6.45, 7) is -1.15. The standard InChI is InChI=1S/C23H20F7N7O3/c1-40-19-11(18(38)35-14-8-36(7-13(14)24)20(39)21(2-3-21)23(28,29)30)4-10(6-32-19)15-5-12(22(25,26)27)16-17(31)33-9-34-37(15)16/h4-6,9,13-14H,2-3,7-8H2,1H3,(H,35,38)(H2,31,33,34)/t13-,14+/m0/s1. The molecule has 1 aliphatic carbocycles. The van der Waals surface area contributed by atoms with Crippen LogP contribution in [0.15, 0.2) is 24.7 Å². The Labute approximate surface area is 220 Å². The summed E-state index contributed by atoms with van der Waals surface area (Å²) < 4.78 is 102. The molecule has 0 unspecified atom stereocenters. The number of ether oxygens (including phenoxy) is 1. The van der Waals surface area contributed by atoms with Gasteiger partial charge in [-0.25, -0.2) is 18.9 Å². The Morgan fingerprint density at radius 1 is 1.12 bits per heavy atom. The number of pyridine rings is 1. The van der Waals surface area contributed by atoms with Crippen molar-refractivity contribution in [1.82, 2.24) is 29.8 Å². The summed E-state index contributed by atoms with van der Waals surface area (Å²) in [5, 5.41) is 6.16. The van der Waals surface area contributed by atoms with Crippen LogP contribution in [0.25, 0.3) is 16.8 Å². The van der Waals surface area contributed by atoms with E-state index in [1.807, 2.05) is 0 Å². The van der Waals surface area contributed by atoms with E-state index in [1.165, 1.54) is 7.11 Å². The molecule has 4 heterocycles. The molecule has 3 N–H and O–H groups in total. The number of carbonyl (C=O) groups is 2. The van der Waals surface area contributed by atoms with Crippen molar-refractivity contribution in [3.63, 3.8) is 0 Å². The number of halogens is 7. The van der Waals surface area contributed by atoms with Gasteiger partial charge in [-0.05, 0) is 25.0 Å². The molecule has 0 radical (unpaired) electrons. The number of rotatable bonds is 5. The van der Waals surface area contributed by atoms with Gasteiger partial charge in [-0.1, -0.05) is 0 Å². The molecule has 0 bridgehead atoms. The zero-order valence-electron chi connectivity index (χ0n) is 20.5. The van der Waals surface area contributed by atoms with Gasteiger partial charge < -0.3 is 20.7 Å². The summed E-state index contributed by atoms with van der Waals surface area (Å²) >= 11 is 0. The van der Waals surface area contributed by atoms with Crippen LogP contribution in [0.2, 0.25) is 0 Å². The lowest BCUT2D eigenvalue weighted by Crippen LogP contribution is -2.45. The molecule has 0 aromatic carbocycles. The molecule has 3 aromatic rings. The van der Waals surface area contributed by atoms with Crippen LogP contribution in [-0.2, 0) is 11.0 Å². The second-order valence-electron chi connectivity index (χ2n) is 9.51. The van der Waals surface area contributed by atoms with Gasteiger partial charge in [-0.3, -0.25) is 9.59 Å². The Morgan fingerprint density at radius 2 is 1.82 bits per heavy atom. The molecule has 0 spiro atoms. The number of carbonyl (C=O) groups excluding carboxylic acids is 2. The first-order chi connectivity index (χ1) is 18.7. The molecule has 1 saturated heterocycles. The van der Waals surface area contributed by atoms with Crippen molar-refractivity contribution in [3.05, 3.63) is 35.8 Å². The van der Waals surface area contributed by atoms with Gasteiger partial charge in [0.25, 0.3) is 5.91 Å². The van der Waals surface area contributed by atoms with E-state index in [0.29, 0.717) is 0 Å². The van der Waals surface area contributed by atoms with Crippen molar-refractivity contribution in [3.8, 4) is 17.1 Å².